The summed E-state index contributed by atoms with van der Waals surface area (Å²) in [5, 5.41) is 3.50. The highest BCUT2D eigenvalue weighted by atomic mass is 32.1. The summed E-state index contributed by atoms with van der Waals surface area (Å²) in [4.78, 5) is 0.439. The third-order valence-corrected chi connectivity index (χ3v) is 3.73. The predicted octanol–water partition coefficient (Wildman–Crippen LogP) is 4.67. The van der Waals surface area contributed by atoms with Gasteiger partial charge in [0.15, 0.2) is 0 Å². The largest absolute Gasteiger partial charge is 0.389 e. The fourth-order valence-electron chi connectivity index (χ4n) is 2.42. The van der Waals surface area contributed by atoms with E-state index in [1.54, 1.807) is 0 Å². The molecule has 0 amide bonds. The minimum absolute atomic E-state index is 0.0946. The third kappa shape index (κ3) is 3.61. The smallest absolute Gasteiger partial charge is 0.104 e. The summed E-state index contributed by atoms with van der Waals surface area (Å²) < 4.78 is 0. The lowest BCUT2D eigenvalue weighted by Gasteiger charge is -2.23. The Labute approximate surface area is 132 Å². The van der Waals surface area contributed by atoms with Crippen LogP contribution in [0.3, 0.4) is 0 Å². The highest BCUT2D eigenvalue weighted by molar-refractivity contribution is 7.80. The van der Waals surface area contributed by atoms with Crippen LogP contribution in [0.4, 0.5) is 11.4 Å². The molecule has 0 radical (unpaired) electrons. The molecule has 0 fully saturated rings. The zero-order chi connectivity index (χ0) is 15.6. The van der Waals surface area contributed by atoms with Crippen LogP contribution in [-0.4, -0.2) is 4.99 Å². The van der Waals surface area contributed by atoms with Crippen LogP contribution in [0.5, 0.6) is 0 Å². The number of hydrogen-bond donors (Lipinski definition) is 2. The highest BCUT2D eigenvalue weighted by Gasteiger charge is 2.17. The summed E-state index contributed by atoms with van der Waals surface area (Å²) in [6.45, 7) is 8.67. The van der Waals surface area contributed by atoms with E-state index in [4.69, 9.17) is 18.0 Å². The van der Waals surface area contributed by atoms with Gasteiger partial charge in [0.1, 0.15) is 4.99 Å². The first-order valence-corrected chi connectivity index (χ1v) is 7.47. The maximum absolute atomic E-state index is 5.71. The van der Waals surface area contributed by atoms with Crippen molar-refractivity contribution in [1.29, 1.82) is 0 Å². The molecule has 0 aromatic heterocycles. The van der Waals surface area contributed by atoms with Gasteiger partial charge < -0.3 is 11.1 Å². The number of hydrogen-bond acceptors (Lipinski definition) is 2. The Balaban J connectivity index is 2.35. The van der Waals surface area contributed by atoms with Crippen LogP contribution in [-0.2, 0) is 5.41 Å². The second kappa shape index (κ2) is 5.86. The molecular formula is C18H22N2S. The zero-order valence-electron chi connectivity index (χ0n) is 13.0. The molecule has 0 aliphatic heterocycles. The van der Waals surface area contributed by atoms with Gasteiger partial charge in [0.05, 0.1) is 0 Å². The maximum Gasteiger partial charge on any atom is 0.104 e. The van der Waals surface area contributed by atoms with Crippen molar-refractivity contribution in [3.05, 3.63) is 59.2 Å². The molecule has 2 aromatic carbocycles. The van der Waals surface area contributed by atoms with Crippen LogP contribution < -0.4 is 11.1 Å². The van der Waals surface area contributed by atoms with Gasteiger partial charge in [-0.1, -0.05) is 51.2 Å². The molecule has 0 aliphatic carbocycles. The van der Waals surface area contributed by atoms with E-state index in [2.05, 4.69) is 50.4 Å². The van der Waals surface area contributed by atoms with E-state index in [-0.39, 0.29) is 5.41 Å². The average Bonchev–Trinajstić information content (AvgIpc) is 2.37. The van der Waals surface area contributed by atoms with Crippen molar-refractivity contribution in [3.8, 4) is 0 Å². The minimum atomic E-state index is 0.0946. The summed E-state index contributed by atoms with van der Waals surface area (Å²) in [5.74, 6) is 0. The first kappa shape index (κ1) is 15.5. The highest BCUT2D eigenvalue weighted by Crippen LogP contribution is 2.31. The molecule has 2 aromatic rings. The number of para-hydroxylation sites is 1. The van der Waals surface area contributed by atoms with E-state index in [1.807, 2.05) is 25.1 Å². The van der Waals surface area contributed by atoms with Gasteiger partial charge >= 0.3 is 0 Å². The molecule has 0 spiro atoms. The summed E-state index contributed by atoms with van der Waals surface area (Å²) in [6, 6.07) is 14.5. The van der Waals surface area contributed by atoms with Gasteiger partial charge in [-0.3, -0.25) is 0 Å². The molecule has 2 rings (SSSR count). The molecule has 0 heterocycles. The van der Waals surface area contributed by atoms with E-state index < -0.39 is 0 Å². The second-order valence-electron chi connectivity index (χ2n) is 6.31. The van der Waals surface area contributed by atoms with Crippen LogP contribution in [0.1, 0.15) is 37.5 Å². The first-order valence-electron chi connectivity index (χ1n) is 7.06. The molecule has 0 unspecified atom stereocenters. The first-order chi connectivity index (χ1) is 9.79. The van der Waals surface area contributed by atoms with Crippen molar-refractivity contribution in [1.82, 2.24) is 0 Å². The molecule has 0 aliphatic rings. The van der Waals surface area contributed by atoms with Crippen molar-refractivity contribution >= 4 is 28.6 Å². The van der Waals surface area contributed by atoms with Gasteiger partial charge in [-0.25, -0.2) is 0 Å². The quantitative estimate of drug-likeness (QED) is 0.809. The SMILES string of the molecule is Cc1cc(Nc2ccccc2C(C)(C)C)ccc1C(N)=S. The van der Waals surface area contributed by atoms with Crippen molar-refractivity contribution in [3.63, 3.8) is 0 Å². The van der Waals surface area contributed by atoms with Crippen LogP contribution in [0.15, 0.2) is 42.5 Å². The molecule has 3 N–H and O–H groups in total. The molecule has 3 heteroatoms. The van der Waals surface area contributed by atoms with Gasteiger partial charge in [0.25, 0.3) is 0 Å². The standard InChI is InChI=1S/C18H22N2S/c1-12-11-13(9-10-14(12)17(19)21)20-16-8-6-5-7-15(16)18(2,3)4/h5-11,20H,1-4H3,(H2,19,21). The minimum Gasteiger partial charge on any atom is -0.389 e. The van der Waals surface area contributed by atoms with Crippen LogP contribution in [0, 0.1) is 6.92 Å². The molecular weight excluding hydrogens is 276 g/mol. The number of thiocarbonyl (C=S) groups is 1. The Morgan fingerprint density at radius 2 is 1.76 bits per heavy atom. The molecule has 0 atom stereocenters. The lowest BCUT2D eigenvalue weighted by Crippen LogP contribution is -2.14. The second-order valence-corrected chi connectivity index (χ2v) is 6.75. The summed E-state index contributed by atoms with van der Waals surface area (Å²) in [5.41, 5.74) is 11.3. The molecule has 0 saturated carbocycles. The third-order valence-electron chi connectivity index (χ3n) is 3.51. The number of nitrogens with one attached hydrogen (secondary N) is 1. The summed E-state index contributed by atoms with van der Waals surface area (Å²) in [6.07, 6.45) is 0. The maximum atomic E-state index is 5.71. The van der Waals surface area contributed by atoms with Crippen molar-refractivity contribution in [2.24, 2.45) is 5.73 Å². The Morgan fingerprint density at radius 1 is 1.10 bits per heavy atom. The lowest BCUT2D eigenvalue weighted by molar-refractivity contribution is 0.592. The van der Waals surface area contributed by atoms with Crippen LogP contribution in [0.2, 0.25) is 0 Å². The van der Waals surface area contributed by atoms with Gasteiger partial charge in [-0.15, -0.1) is 0 Å². The lowest BCUT2D eigenvalue weighted by atomic mass is 9.86. The fraction of sp³-hybridized carbons (Fsp3) is 0.278. The summed E-state index contributed by atoms with van der Waals surface area (Å²) >= 11 is 5.05. The Kier molecular flexibility index (Phi) is 4.33. The van der Waals surface area contributed by atoms with Crippen molar-refractivity contribution < 1.29 is 0 Å². The fourth-order valence-corrected chi connectivity index (χ4v) is 2.65. The van der Waals surface area contributed by atoms with E-state index in [1.165, 1.54) is 5.56 Å². The molecule has 0 saturated heterocycles. The monoisotopic (exact) mass is 298 g/mol. The number of nitrogens with two attached hydrogens (primary N) is 1. The van der Waals surface area contributed by atoms with Gasteiger partial charge in [-0.05, 0) is 47.7 Å². The van der Waals surface area contributed by atoms with Gasteiger partial charge in [0.2, 0.25) is 0 Å². The Hall–Kier alpha value is -1.87. The van der Waals surface area contributed by atoms with Gasteiger partial charge in [-0.2, -0.15) is 0 Å². The molecule has 2 nitrogen and oxygen atoms in total. The number of aryl methyl sites for hydroxylation is 1. The predicted molar refractivity (Wildman–Crippen MR) is 95.5 cm³/mol. The van der Waals surface area contributed by atoms with E-state index in [0.717, 1.165) is 22.5 Å². The van der Waals surface area contributed by atoms with Crippen LogP contribution in [0.25, 0.3) is 0 Å². The van der Waals surface area contributed by atoms with E-state index in [0.29, 0.717) is 4.99 Å². The van der Waals surface area contributed by atoms with E-state index >= 15 is 0 Å². The average molecular weight is 298 g/mol. The number of benzene rings is 2. The van der Waals surface area contributed by atoms with E-state index in [9.17, 15) is 0 Å². The van der Waals surface area contributed by atoms with Gasteiger partial charge in [0, 0.05) is 16.9 Å². The molecule has 110 valence electrons. The molecule has 21 heavy (non-hydrogen) atoms. The molecule has 0 bridgehead atoms. The Bertz CT molecular complexity index is 669. The Morgan fingerprint density at radius 3 is 2.33 bits per heavy atom. The van der Waals surface area contributed by atoms with Crippen LogP contribution >= 0.6 is 12.2 Å². The summed E-state index contributed by atoms with van der Waals surface area (Å²) in [7, 11) is 0. The topological polar surface area (TPSA) is 38.0 Å². The number of anilines is 2. The van der Waals surface area contributed by atoms with Crippen molar-refractivity contribution in [2.45, 2.75) is 33.1 Å². The normalized spacial score (nSPS) is 11.2. The number of rotatable bonds is 3. The zero-order valence-corrected chi connectivity index (χ0v) is 13.8. The van der Waals surface area contributed by atoms with Crippen molar-refractivity contribution in [2.75, 3.05) is 5.32 Å².